The van der Waals surface area contributed by atoms with Crippen LogP contribution in [0.2, 0.25) is 0 Å². The van der Waals surface area contributed by atoms with Crippen molar-refractivity contribution in [3.63, 3.8) is 0 Å². The number of likely N-dealkylation sites (tertiary alicyclic amines) is 1. The molecule has 0 unspecified atom stereocenters. The van der Waals surface area contributed by atoms with E-state index < -0.39 is 0 Å². The first-order valence-electron chi connectivity index (χ1n) is 9.42. The molecule has 9 heteroatoms. The number of nitrogens with one attached hydrogen (secondary N) is 2. The molecule has 0 radical (unpaired) electrons. The highest BCUT2D eigenvalue weighted by molar-refractivity contribution is 14.0. The summed E-state index contributed by atoms with van der Waals surface area (Å²) >= 11 is 0. The maximum atomic E-state index is 11.8. The fourth-order valence-electron chi connectivity index (χ4n) is 3.04. The summed E-state index contributed by atoms with van der Waals surface area (Å²) in [5, 5.41) is 6.78. The van der Waals surface area contributed by atoms with Crippen molar-refractivity contribution in [1.29, 1.82) is 0 Å². The fraction of sp³-hybridized carbons (Fsp3) is 0.722. The number of hydrogen-bond acceptors (Lipinski definition) is 4. The minimum Gasteiger partial charge on any atom is -0.450 e. The number of amides is 1. The Labute approximate surface area is 179 Å². The van der Waals surface area contributed by atoms with Crippen LogP contribution in [-0.4, -0.2) is 59.3 Å². The predicted molar refractivity (Wildman–Crippen MR) is 117 cm³/mol. The normalized spacial score (nSPS) is 15.4. The number of ether oxygens (including phenoxy) is 1. The van der Waals surface area contributed by atoms with Crippen LogP contribution in [0, 0.1) is 5.92 Å². The van der Waals surface area contributed by atoms with Crippen LogP contribution in [0.5, 0.6) is 0 Å². The molecule has 1 fully saturated rings. The lowest BCUT2D eigenvalue weighted by Crippen LogP contribution is -2.49. The van der Waals surface area contributed by atoms with Gasteiger partial charge in [0.1, 0.15) is 5.82 Å². The number of nitrogens with zero attached hydrogens (tertiary/aromatic N) is 4. The number of hydrogen-bond donors (Lipinski definition) is 2. The standard InChI is InChI=1S/C18H32N6O2.HI/c1-5-26-18(25)23-9-6-15(7-10-23)22-17(19-4)21-12-16-20-8-11-24(16)13-14(2)3;/h8,11,14-15H,5-7,9-10,12-13H2,1-4H3,(H2,19,21,22);1H. The summed E-state index contributed by atoms with van der Waals surface area (Å²) in [7, 11) is 1.77. The fourth-order valence-corrected chi connectivity index (χ4v) is 3.04. The highest BCUT2D eigenvalue weighted by Crippen LogP contribution is 2.11. The van der Waals surface area contributed by atoms with Crippen LogP contribution in [0.4, 0.5) is 4.79 Å². The third-order valence-electron chi connectivity index (χ3n) is 4.36. The highest BCUT2D eigenvalue weighted by Gasteiger charge is 2.24. The molecule has 8 nitrogen and oxygen atoms in total. The molecule has 0 spiro atoms. The number of piperidine rings is 1. The lowest BCUT2D eigenvalue weighted by Gasteiger charge is -2.32. The molecule has 2 heterocycles. The van der Waals surface area contributed by atoms with Gasteiger partial charge >= 0.3 is 6.09 Å². The molecule has 0 atom stereocenters. The number of carbonyl (C=O) groups excluding carboxylic acids is 1. The molecule has 0 aliphatic carbocycles. The number of aliphatic imine (C=N–C) groups is 1. The minimum atomic E-state index is -0.217. The number of rotatable bonds is 6. The second-order valence-corrected chi connectivity index (χ2v) is 6.92. The van der Waals surface area contributed by atoms with Crippen molar-refractivity contribution in [3.05, 3.63) is 18.2 Å². The van der Waals surface area contributed by atoms with Crippen molar-refractivity contribution < 1.29 is 9.53 Å². The van der Waals surface area contributed by atoms with E-state index in [1.54, 1.807) is 11.9 Å². The molecule has 1 aromatic rings. The molecule has 2 rings (SSSR count). The van der Waals surface area contributed by atoms with E-state index in [4.69, 9.17) is 4.74 Å². The summed E-state index contributed by atoms with van der Waals surface area (Å²) in [6.07, 6.45) is 5.38. The van der Waals surface area contributed by atoms with E-state index in [-0.39, 0.29) is 30.1 Å². The first-order valence-corrected chi connectivity index (χ1v) is 9.42. The molecular formula is C18H33IN6O2. The van der Waals surface area contributed by atoms with Gasteiger partial charge in [0, 0.05) is 45.1 Å². The monoisotopic (exact) mass is 492 g/mol. The quantitative estimate of drug-likeness (QED) is 0.362. The number of guanidine groups is 1. The van der Waals surface area contributed by atoms with E-state index in [0.717, 1.165) is 31.2 Å². The number of halogens is 1. The van der Waals surface area contributed by atoms with Crippen LogP contribution < -0.4 is 10.6 Å². The van der Waals surface area contributed by atoms with Gasteiger partial charge in [-0.05, 0) is 25.7 Å². The van der Waals surface area contributed by atoms with Gasteiger partial charge in [0.2, 0.25) is 0 Å². The van der Waals surface area contributed by atoms with E-state index in [1.807, 2.05) is 19.3 Å². The molecule has 1 aliphatic heterocycles. The maximum absolute atomic E-state index is 11.8. The highest BCUT2D eigenvalue weighted by atomic mass is 127. The summed E-state index contributed by atoms with van der Waals surface area (Å²) in [5.41, 5.74) is 0. The van der Waals surface area contributed by atoms with Crippen LogP contribution >= 0.6 is 24.0 Å². The predicted octanol–water partition coefficient (Wildman–Crippen LogP) is 2.44. The van der Waals surface area contributed by atoms with E-state index in [2.05, 4.69) is 39.0 Å². The van der Waals surface area contributed by atoms with Crippen molar-refractivity contribution in [2.75, 3.05) is 26.7 Å². The topological polar surface area (TPSA) is 83.8 Å². The Morgan fingerprint density at radius 3 is 2.70 bits per heavy atom. The molecule has 1 aliphatic rings. The largest absolute Gasteiger partial charge is 0.450 e. The molecule has 1 saturated heterocycles. The summed E-state index contributed by atoms with van der Waals surface area (Å²) < 4.78 is 7.23. The summed E-state index contributed by atoms with van der Waals surface area (Å²) in [6, 6.07) is 0.294. The smallest absolute Gasteiger partial charge is 0.409 e. The van der Waals surface area contributed by atoms with Gasteiger partial charge in [0.05, 0.1) is 13.2 Å². The summed E-state index contributed by atoms with van der Waals surface area (Å²) in [4.78, 5) is 22.3. The molecule has 2 N–H and O–H groups in total. The van der Waals surface area contributed by atoms with Crippen molar-refractivity contribution in [1.82, 2.24) is 25.1 Å². The second-order valence-electron chi connectivity index (χ2n) is 6.92. The van der Waals surface area contributed by atoms with E-state index in [9.17, 15) is 4.79 Å². The summed E-state index contributed by atoms with van der Waals surface area (Å²) in [5.74, 6) is 2.34. The Morgan fingerprint density at radius 1 is 1.41 bits per heavy atom. The maximum Gasteiger partial charge on any atom is 0.409 e. The van der Waals surface area contributed by atoms with Gasteiger partial charge in [0.25, 0.3) is 0 Å². The molecule has 27 heavy (non-hydrogen) atoms. The zero-order valence-corrected chi connectivity index (χ0v) is 19.1. The lowest BCUT2D eigenvalue weighted by molar-refractivity contribution is 0.0963. The molecule has 1 amide bonds. The molecule has 1 aromatic heterocycles. The van der Waals surface area contributed by atoms with Gasteiger partial charge in [-0.1, -0.05) is 13.8 Å². The van der Waals surface area contributed by atoms with Gasteiger partial charge in [-0.2, -0.15) is 0 Å². The van der Waals surface area contributed by atoms with Crippen molar-refractivity contribution >= 4 is 36.0 Å². The van der Waals surface area contributed by atoms with Crippen LogP contribution in [0.15, 0.2) is 17.4 Å². The third kappa shape index (κ3) is 7.55. The zero-order chi connectivity index (χ0) is 18.9. The van der Waals surface area contributed by atoms with Gasteiger partial charge in [0.15, 0.2) is 5.96 Å². The molecule has 0 aromatic carbocycles. The Kier molecular flexibility index (Phi) is 10.5. The third-order valence-corrected chi connectivity index (χ3v) is 4.36. The summed E-state index contributed by atoms with van der Waals surface area (Å²) in [6.45, 7) is 9.62. The zero-order valence-electron chi connectivity index (χ0n) is 16.8. The molecule has 0 saturated carbocycles. The minimum absolute atomic E-state index is 0. The number of imidazole rings is 1. The number of carbonyl (C=O) groups is 1. The number of aromatic nitrogens is 2. The second kappa shape index (κ2) is 12.0. The Morgan fingerprint density at radius 2 is 2.11 bits per heavy atom. The first kappa shape index (κ1) is 23.5. The van der Waals surface area contributed by atoms with E-state index >= 15 is 0 Å². The van der Waals surface area contributed by atoms with Crippen molar-refractivity contribution in [2.45, 2.75) is 52.7 Å². The van der Waals surface area contributed by atoms with E-state index in [1.165, 1.54) is 0 Å². The van der Waals surface area contributed by atoms with Gasteiger partial charge in [-0.15, -0.1) is 24.0 Å². The van der Waals surface area contributed by atoms with Crippen LogP contribution in [0.3, 0.4) is 0 Å². The van der Waals surface area contributed by atoms with Crippen molar-refractivity contribution in [3.8, 4) is 0 Å². The molecule has 154 valence electrons. The molecule has 0 bridgehead atoms. The van der Waals surface area contributed by atoms with Crippen LogP contribution in [0.1, 0.15) is 39.4 Å². The average Bonchev–Trinajstić information content (AvgIpc) is 3.05. The average molecular weight is 492 g/mol. The van der Waals surface area contributed by atoms with Crippen LogP contribution in [0.25, 0.3) is 0 Å². The van der Waals surface area contributed by atoms with Gasteiger partial charge < -0.3 is 24.8 Å². The lowest BCUT2D eigenvalue weighted by atomic mass is 10.1. The Hall–Kier alpha value is -1.52. The first-order chi connectivity index (χ1) is 12.5. The van der Waals surface area contributed by atoms with Gasteiger partial charge in [-0.25, -0.2) is 9.78 Å². The van der Waals surface area contributed by atoms with E-state index in [0.29, 0.717) is 38.2 Å². The van der Waals surface area contributed by atoms with Crippen molar-refractivity contribution in [2.24, 2.45) is 10.9 Å². The Balaban J connectivity index is 0.00000364. The van der Waals surface area contributed by atoms with Gasteiger partial charge in [-0.3, -0.25) is 4.99 Å². The molecular weight excluding hydrogens is 459 g/mol. The SMILES string of the molecule is CCOC(=O)N1CCC(NC(=NC)NCc2nccn2CC(C)C)CC1.I. The van der Waals surface area contributed by atoms with Crippen LogP contribution in [-0.2, 0) is 17.8 Å². The Bertz CT molecular complexity index is 596.